The molecule has 0 saturated heterocycles. The highest BCUT2D eigenvalue weighted by Crippen LogP contribution is 2.51. The van der Waals surface area contributed by atoms with Crippen LogP contribution >= 0.6 is 8.58 Å². The molecule has 0 aliphatic carbocycles. The number of aliphatic imine (C=N–C) groups is 1. The third kappa shape index (κ3) is 6.36. The van der Waals surface area contributed by atoms with E-state index in [0.717, 1.165) is 18.6 Å². The van der Waals surface area contributed by atoms with Crippen LogP contribution in [0, 0.1) is 6.92 Å². The zero-order valence-electron chi connectivity index (χ0n) is 21.9. The van der Waals surface area contributed by atoms with Crippen LogP contribution in [0.2, 0.25) is 0 Å². The second-order valence-corrected chi connectivity index (χ2v) is 12.3. The van der Waals surface area contributed by atoms with E-state index in [9.17, 15) is 0 Å². The van der Waals surface area contributed by atoms with E-state index in [1.54, 1.807) is 0 Å². The lowest BCUT2D eigenvalue weighted by Crippen LogP contribution is -2.24. The van der Waals surface area contributed by atoms with Gasteiger partial charge in [-0.05, 0) is 35.2 Å². The molecular weight excluding hydrogens is 433 g/mol. The smallest absolute Gasteiger partial charge is 0.127 e. The Bertz CT molecular complexity index is 1110. The van der Waals surface area contributed by atoms with Crippen LogP contribution in [0.1, 0.15) is 75.3 Å². The van der Waals surface area contributed by atoms with Gasteiger partial charge in [-0.25, -0.2) is 0 Å². The SMILES string of the molecule is CCCC(C)(Pc1ccccc1/C=N/C)c1cc(C)cc(C(C)(C)C)c1OCc1ccccc1. The molecule has 0 aliphatic heterocycles. The van der Waals surface area contributed by atoms with E-state index in [1.807, 2.05) is 13.3 Å². The van der Waals surface area contributed by atoms with Gasteiger partial charge in [0.15, 0.2) is 0 Å². The third-order valence-corrected chi connectivity index (χ3v) is 8.05. The summed E-state index contributed by atoms with van der Waals surface area (Å²) in [5.74, 6) is 1.06. The van der Waals surface area contributed by atoms with Gasteiger partial charge < -0.3 is 4.74 Å². The lowest BCUT2D eigenvalue weighted by atomic mass is 9.81. The maximum absolute atomic E-state index is 6.72. The molecular formula is C31H40NOP. The Morgan fingerprint density at radius 3 is 2.21 bits per heavy atom. The Balaban J connectivity index is 2.16. The second-order valence-electron chi connectivity index (χ2n) is 10.4. The summed E-state index contributed by atoms with van der Waals surface area (Å²) in [6, 6.07) is 23.8. The predicted molar refractivity (Wildman–Crippen MR) is 151 cm³/mol. The Morgan fingerprint density at radius 1 is 0.912 bits per heavy atom. The fourth-order valence-corrected chi connectivity index (χ4v) is 6.31. The van der Waals surface area contributed by atoms with Gasteiger partial charge in [-0.15, -0.1) is 0 Å². The number of rotatable bonds is 9. The van der Waals surface area contributed by atoms with Gasteiger partial charge in [-0.1, -0.05) is 122 Å². The van der Waals surface area contributed by atoms with E-state index in [-0.39, 0.29) is 10.6 Å². The highest BCUT2D eigenvalue weighted by molar-refractivity contribution is 7.48. The molecule has 0 N–H and O–H groups in total. The van der Waals surface area contributed by atoms with Crippen molar-refractivity contribution in [2.24, 2.45) is 4.99 Å². The maximum atomic E-state index is 6.72. The summed E-state index contributed by atoms with van der Waals surface area (Å²) in [5.41, 5.74) is 6.29. The average Bonchev–Trinajstić information content (AvgIpc) is 2.79. The minimum absolute atomic E-state index is 0.0181. The molecule has 0 bridgehead atoms. The zero-order chi connectivity index (χ0) is 24.8. The number of nitrogens with zero attached hydrogens (tertiary/aromatic N) is 1. The Labute approximate surface area is 208 Å². The Morgan fingerprint density at radius 2 is 1.56 bits per heavy atom. The van der Waals surface area contributed by atoms with Crippen molar-refractivity contribution in [3.8, 4) is 5.75 Å². The summed E-state index contributed by atoms with van der Waals surface area (Å²) in [6.45, 7) is 14.4. The number of hydrogen-bond acceptors (Lipinski definition) is 2. The van der Waals surface area contributed by atoms with Crippen molar-refractivity contribution in [1.29, 1.82) is 0 Å². The summed E-state index contributed by atoms with van der Waals surface area (Å²) >= 11 is 0. The van der Waals surface area contributed by atoms with E-state index in [1.165, 1.54) is 33.1 Å². The molecule has 2 nitrogen and oxygen atoms in total. The van der Waals surface area contributed by atoms with Crippen LogP contribution < -0.4 is 10.0 Å². The zero-order valence-corrected chi connectivity index (χ0v) is 22.9. The summed E-state index contributed by atoms with van der Waals surface area (Å²) in [7, 11) is 2.46. The first-order chi connectivity index (χ1) is 16.2. The van der Waals surface area contributed by atoms with Gasteiger partial charge in [-0.3, -0.25) is 4.99 Å². The normalized spacial score (nSPS) is 14.1. The molecule has 3 aromatic rings. The van der Waals surface area contributed by atoms with Crippen molar-refractivity contribution in [1.82, 2.24) is 0 Å². The van der Waals surface area contributed by atoms with Gasteiger partial charge in [-0.2, -0.15) is 0 Å². The predicted octanol–water partition coefficient (Wildman–Crippen LogP) is 7.94. The molecule has 180 valence electrons. The molecule has 3 rings (SSSR count). The molecule has 0 amide bonds. The van der Waals surface area contributed by atoms with Gasteiger partial charge in [0.2, 0.25) is 0 Å². The van der Waals surface area contributed by atoms with Crippen LogP contribution in [0.5, 0.6) is 5.75 Å². The molecule has 2 unspecified atom stereocenters. The molecule has 0 aliphatic rings. The van der Waals surface area contributed by atoms with E-state index in [2.05, 4.69) is 113 Å². The quantitative estimate of drug-likeness (QED) is 0.228. The first-order valence-corrected chi connectivity index (χ1v) is 13.3. The van der Waals surface area contributed by atoms with Crippen molar-refractivity contribution >= 4 is 20.1 Å². The lowest BCUT2D eigenvalue weighted by Gasteiger charge is -2.35. The molecule has 0 aromatic heterocycles. The second kappa shape index (κ2) is 11.3. The van der Waals surface area contributed by atoms with E-state index < -0.39 is 0 Å². The number of benzene rings is 3. The monoisotopic (exact) mass is 473 g/mol. The summed E-state index contributed by atoms with van der Waals surface area (Å²) in [5, 5.41) is 1.32. The number of aryl methyl sites for hydroxylation is 1. The van der Waals surface area contributed by atoms with Crippen molar-refractivity contribution in [2.75, 3.05) is 7.05 Å². The fraction of sp³-hybridized carbons (Fsp3) is 0.387. The topological polar surface area (TPSA) is 21.6 Å². The highest BCUT2D eigenvalue weighted by Gasteiger charge is 2.34. The molecule has 0 fully saturated rings. The maximum Gasteiger partial charge on any atom is 0.127 e. The molecule has 0 heterocycles. The van der Waals surface area contributed by atoms with Gasteiger partial charge >= 0.3 is 0 Å². The third-order valence-electron chi connectivity index (χ3n) is 6.25. The van der Waals surface area contributed by atoms with Crippen LogP contribution in [0.15, 0.2) is 71.7 Å². The van der Waals surface area contributed by atoms with Crippen LogP contribution in [-0.4, -0.2) is 13.3 Å². The minimum Gasteiger partial charge on any atom is -0.488 e. The van der Waals surface area contributed by atoms with Gasteiger partial charge in [0, 0.05) is 29.5 Å². The van der Waals surface area contributed by atoms with Gasteiger partial charge in [0.1, 0.15) is 12.4 Å². The average molecular weight is 474 g/mol. The Kier molecular flexibility index (Phi) is 8.72. The fourth-order valence-electron chi connectivity index (χ4n) is 4.55. The van der Waals surface area contributed by atoms with E-state index >= 15 is 0 Å². The van der Waals surface area contributed by atoms with Crippen molar-refractivity contribution in [3.05, 3.63) is 94.5 Å². The van der Waals surface area contributed by atoms with Gasteiger partial charge in [0.25, 0.3) is 0 Å². The molecule has 3 heteroatoms. The number of hydrogen-bond donors (Lipinski definition) is 0. The standard InChI is InChI=1S/C31H40NOP/c1-8-18-31(6,34-28-17-13-12-16-25(28)21-32-7)27-20-23(2)19-26(30(3,4)5)29(27)33-22-24-14-10-9-11-15-24/h9-17,19-21,34H,8,18,22H2,1-7H3/b32-21+. The first kappa shape index (κ1) is 26.2. The summed E-state index contributed by atoms with van der Waals surface area (Å²) in [4.78, 5) is 4.31. The minimum atomic E-state index is -0.0372. The van der Waals surface area contributed by atoms with Crippen LogP contribution in [-0.2, 0) is 17.2 Å². The molecule has 0 saturated carbocycles. The summed E-state index contributed by atoms with van der Waals surface area (Å²) in [6.07, 6.45) is 4.20. The van der Waals surface area contributed by atoms with Crippen molar-refractivity contribution in [3.63, 3.8) is 0 Å². The van der Waals surface area contributed by atoms with E-state index in [0.29, 0.717) is 15.2 Å². The van der Waals surface area contributed by atoms with Gasteiger partial charge in [0.05, 0.1) is 0 Å². The Hall–Kier alpha value is -2.44. The van der Waals surface area contributed by atoms with E-state index in [4.69, 9.17) is 4.74 Å². The summed E-state index contributed by atoms with van der Waals surface area (Å²) < 4.78 is 6.72. The largest absolute Gasteiger partial charge is 0.488 e. The first-order valence-electron chi connectivity index (χ1n) is 12.3. The van der Waals surface area contributed by atoms with Crippen molar-refractivity contribution < 1.29 is 4.74 Å². The molecule has 3 aromatic carbocycles. The molecule has 34 heavy (non-hydrogen) atoms. The molecule has 0 radical (unpaired) electrons. The number of ether oxygens (including phenoxy) is 1. The highest BCUT2D eigenvalue weighted by atomic mass is 31.1. The van der Waals surface area contributed by atoms with Crippen molar-refractivity contribution in [2.45, 2.75) is 71.6 Å². The molecule has 2 atom stereocenters. The lowest BCUT2D eigenvalue weighted by molar-refractivity contribution is 0.290. The van der Waals surface area contributed by atoms with Crippen LogP contribution in [0.4, 0.5) is 0 Å². The van der Waals surface area contributed by atoms with Crippen LogP contribution in [0.3, 0.4) is 0 Å². The van der Waals surface area contributed by atoms with Crippen LogP contribution in [0.25, 0.3) is 0 Å². The molecule has 0 spiro atoms.